The molecule has 2 saturated heterocycles. The van der Waals surface area contributed by atoms with Crippen molar-refractivity contribution >= 4 is 41.2 Å². The third-order valence-electron chi connectivity index (χ3n) is 5.55. The number of hydrogen-bond donors (Lipinski definition) is 2. The Hall–Kier alpha value is -3.79. The van der Waals surface area contributed by atoms with Crippen LogP contribution in [0.25, 0.3) is 0 Å². The lowest BCUT2D eigenvalue weighted by atomic mass is 10.1. The highest BCUT2D eigenvalue weighted by Crippen LogP contribution is 2.30. The van der Waals surface area contributed by atoms with Crippen molar-refractivity contribution in [2.75, 3.05) is 31.1 Å². The number of hydrogen-bond acceptors (Lipinski definition) is 6. The largest absolute Gasteiger partial charge is 0.434 e. The van der Waals surface area contributed by atoms with Gasteiger partial charge in [0.1, 0.15) is 6.04 Å². The summed E-state index contributed by atoms with van der Waals surface area (Å²) in [6, 6.07) is 12.6. The first-order valence-electron chi connectivity index (χ1n) is 10.3. The topological polar surface area (TPSA) is 125 Å². The number of nitrogens with zero attached hydrogens (tertiary/aromatic N) is 3. The Bertz CT molecular complexity index is 1090. The van der Waals surface area contributed by atoms with Gasteiger partial charge in [0.2, 0.25) is 5.91 Å². The van der Waals surface area contributed by atoms with Crippen molar-refractivity contribution < 1.29 is 24.0 Å². The standard InChI is InChI=1S/C22H22ClN5O5/c23-18-15(19(24)29)7-4-8-17(18)26-9-11-27(12-10-26)22(32)33-28-20(30)16(25-21(28)31)13-14-5-2-1-3-6-14/h1-8,16H,9-13H2,(H2,24,29)(H,25,31). The molecule has 2 fully saturated rings. The Morgan fingerprint density at radius 3 is 2.39 bits per heavy atom. The van der Waals surface area contributed by atoms with E-state index < -0.39 is 30.0 Å². The van der Waals surface area contributed by atoms with Crippen molar-refractivity contribution in [2.45, 2.75) is 12.5 Å². The van der Waals surface area contributed by atoms with E-state index in [1.54, 1.807) is 18.2 Å². The number of anilines is 1. The Balaban J connectivity index is 1.34. The number of imide groups is 1. The highest BCUT2D eigenvalue weighted by molar-refractivity contribution is 6.36. The molecule has 0 aliphatic carbocycles. The summed E-state index contributed by atoms with van der Waals surface area (Å²) in [6.45, 7) is 1.36. The van der Waals surface area contributed by atoms with Crippen LogP contribution in [0, 0.1) is 0 Å². The van der Waals surface area contributed by atoms with Crippen LogP contribution in [0.3, 0.4) is 0 Å². The molecule has 11 heteroatoms. The lowest BCUT2D eigenvalue weighted by Gasteiger charge is -2.36. The molecule has 0 radical (unpaired) electrons. The van der Waals surface area contributed by atoms with Crippen LogP contribution in [0.2, 0.25) is 5.02 Å². The number of amides is 5. The number of piperazine rings is 1. The monoisotopic (exact) mass is 471 g/mol. The molecule has 2 heterocycles. The Morgan fingerprint density at radius 1 is 1.03 bits per heavy atom. The van der Waals surface area contributed by atoms with Crippen LogP contribution in [0.15, 0.2) is 48.5 Å². The van der Waals surface area contributed by atoms with Crippen LogP contribution in [-0.2, 0) is 16.1 Å². The summed E-state index contributed by atoms with van der Waals surface area (Å²) in [4.78, 5) is 57.3. The number of benzene rings is 2. The minimum Gasteiger partial charge on any atom is -0.367 e. The number of nitrogens with two attached hydrogens (primary N) is 1. The molecule has 4 rings (SSSR count). The quantitative estimate of drug-likeness (QED) is 0.640. The van der Waals surface area contributed by atoms with E-state index in [9.17, 15) is 19.2 Å². The third kappa shape index (κ3) is 4.70. The zero-order chi connectivity index (χ0) is 23.5. The number of halogens is 1. The fourth-order valence-electron chi connectivity index (χ4n) is 3.81. The van der Waals surface area contributed by atoms with Gasteiger partial charge in [-0.3, -0.25) is 9.59 Å². The number of primary amides is 1. The van der Waals surface area contributed by atoms with Crippen molar-refractivity contribution in [3.05, 3.63) is 64.7 Å². The van der Waals surface area contributed by atoms with E-state index in [0.29, 0.717) is 30.3 Å². The minimum absolute atomic E-state index is 0.222. The zero-order valence-electron chi connectivity index (χ0n) is 17.6. The van der Waals surface area contributed by atoms with Crippen LogP contribution >= 0.6 is 11.6 Å². The summed E-state index contributed by atoms with van der Waals surface area (Å²) in [6.07, 6.45) is -0.501. The van der Waals surface area contributed by atoms with Gasteiger partial charge >= 0.3 is 12.1 Å². The smallest absolute Gasteiger partial charge is 0.367 e. The molecular formula is C22H22ClN5O5. The average molecular weight is 472 g/mol. The molecule has 0 saturated carbocycles. The van der Waals surface area contributed by atoms with Crippen molar-refractivity contribution in [2.24, 2.45) is 5.73 Å². The van der Waals surface area contributed by atoms with Crippen molar-refractivity contribution in [3.63, 3.8) is 0 Å². The van der Waals surface area contributed by atoms with Gasteiger partial charge in [-0.05, 0) is 17.7 Å². The van der Waals surface area contributed by atoms with E-state index >= 15 is 0 Å². The van der Waals surface area contributed by atoms with Gasteiger partial charge in [0.25, 0.3) is 5.91 Å². The maximum Gasteiger partial charge on any atom is 0.434 e. The Labute approximate surface area is 194 Å². The average Bonchev–Trinajstić information content (AvgIpc) is 3.07. The third-order valence-corrected chi connectivity index (χ3v) is 5.95. The number of rotatable bonds is 5. The number of carbonyl (C=O) groups excluding carboxylic acids is 4. The van der Waals surface area contributed by atoms with E-state index in [1.165, 1.54) is 4.90 Å². The summed E-state index contributed by atoms with van der Waals surface area (Å²) >= 11 is 6.32. The molecule has 0 bridgehead atoms. The van der Waals surface area contributed by atoms with Gasteiger partial charge < -0.3 is 25.7 Å². The predicted octanol–water partition coefficient (Wildman–Crippen LogP) is 1.78. The van der Waals surface area contributed by atoms with Gasteiger partial charge in [-0.25, -0.2) is 9.59 Å². The Kier molecular flexibility index (Phi) is 6.36. The predicted molar refractivity (Wildman–Crippen MR) is 120 cm³/mol. The fraction of sp³-hybridized carbons (Fsp3) is 0.273. The lowest BCUT2D eigenvalue weighted by Crippen LogP contribution is -2.50. The molecule has 10 nitrogen and oxygen atoms in total. The van der Waals surface area contributed by atoms with Crippen LogP contribution in [0.1, 0.15) is 15.9 Å². The van der Waals surface area contributed by atoms with Crippen LogP contribution in [-0.4, -0.2) is 66.1 Å². The SMILES string of the molecule is NC(=O)c1cccc(N2CCN(C(=O)ON3C(=O)NC(Cc4ccccc4)C3=O)CC2)c1Cl. The number of nitrogens with one attached hydrogen (secondary N) is 1. The van der Waals surface area contributed by atoms with Crippen molar-refractivity contribution in [3.8, 4) is 0 Å². The van der Waals surface area contributed by atoms with Gasteiger partial charge in [-0.2, -0.15) is 0 Å². The van der Waals surface area contributed by atoms with Crippen molar-refractivity contribution in [1.29, 1.82) is 0 Å². The molecule has 5 amide bonds. The number of urea groups is 1. The molecule has 2 aromatic rings. The molecule has 1 unspecified atom stereocenters. The lowest BCUT2D eigenvalue weighted by molar-refractivity contribution is -0.151. The molecule has 0 aromatic heterocycles. The van der Waals surface area contributed by atoms with E-state index in [0.717, 1.165) is 5.56 Å². The summed E-state index contributed by atoms with van der Waals surface area (Å²) in [5.41, 5.74) is 7.09. The van der Waals surface area contributed by atoms with E-state index in [-0.39, 0.29) is 23.7 Å². The maximum atomic E-state index is 12.6. The number of hydroxylamine groups is 2. The highest BCUT2D eigenvalue weighted by Gasteiger charge is 2.42. The molecule has 2 aliphatic heterocycles. The summed E-state index contributed by atoms with van der Waals surface area (Å²) < 4.78 is 0. The normalized spacial score (nSPS) is 18.3. The molecule has 2 aromatic carbocycles. The summed E-state index contributed by atoms with van der Waals surface area (Å²) in [5, 5.41) is 3.28. The second-order valence-electron chi connectivity index (χ2n) is 7.66. The van der Waals surface area contributed by atoms with Crippen LogP contribution < -0.4 is 16.0 Å². The van der Waals surface area contributed by atoms with E-state index in [1.807, 2.05) is 35.2 Å². The first-order valence-corrected chi connectivity index (χ1v) is 10.7. The first-order chi connectivity index (χ1) is 15.8. The maximum absolute atomic E-state index is 12.6. The molecule has 1 atom stereocenters. The summed E-state index contributed by atoms with van der Waals surface area (Å²) in [7, 11) is 0. The molecule has 172 valence electrons. The van der Waals surface area contributed by atoms with Crippen molar-refractivity contribution in [1.82, 2.24) is 15.3 Å². The Morgan fingerprint density at radius 2 is 1.73 bits per heavy atom. The van der Waals surface area contributed by atoms with Gasteiger partial charge in [-0.1, -0.05) is 53.1 Å². The molecule has 2 aliphatic rings. The fourth-order valence-corrected chi connectivity index (χ4v) is 4.14. The molecular weight excluding hydrogens is 450 g/mol. The van der Waals surface area contributed by atoms with Gasteiger partial charge in [0.05, 0.1) is 16.3 Å². The number of carbonyl (C=O) groups is 4. The van der Waals surface area contributed by atoms with E-state index in [4.69, 9.17) is 22.2 Å². The van der Waals surface area contributed by atoms with Gasteiger partial charge in [-0.15, -0.1) is 0 Å². The minimum atomic E-state index is -0.802. The van der Waals surface area contributed by atoms with E-state index in [2.05, 4.69) is 5.32 Å². The van der Waals surface area contributed by atoms with Gasteiger partial charge in [0, 0.05) is 32.6 Å². The second-order valence-corrected chi connectivity index (χ2v) is 8.04. The summed E-state index contributed by atoms with van der Waals surface area (Å²) in [5.74, 6) is -1.24. The van der Waals surface area contributed by atoms with Crippen LogP contribution in [0.4, 0.5) is 15.3 Å². The molecule has 33 heavy (non-hydrogen) atoms. The molecule has 3 N–H and O–H groups in total. The molecule has 0 spiro atoms. The van der Waals surface area contributed by atoms with Crippen LogP contribution in [0.5, 0.6) is 0 Å². The zero-order valence-corrected chi connectivity index (χ0v) is 18.3. The van der Waals surface area contributed by atoms with Gasteiger partial charge in [0.15, 0.2) is 0 Å². The second kappa shape index (κ2) is 9.37. The highest BCUT2D eigenvalue weighted by atomic mass is 35.5. The first kappa shape index (κ1) is 22.4.